The summed E-state index contributed by atoms with van der Waals surface area (Å²) in [6.07, 6.45) is 13.5. The molecule has 0 saturated carbocycles. The molecule has 0 unspecified atom stereocenters. The Morgan fingerprint density at radius 1 is 0.821 bits per heavy atom. The van der Waals surface area contributed by atoms with Gasteiger partial charge < -0.3 is 19.3 Å². The summed E-state index contributed by atoms with van der Waals surface area (Å²) in [6, 6.07) is 0. The van der Waals surface area contributed by atoms with E-state index < -0.39 is 5.97 Å². The summed E-state index contributed by atoms with van der Waals surface area (Å²) in [5.74, 6) is -1.08. The number of carboxylic acids is 1. The number of rotatable bonds is 16. The lowest BCUT2D eigenvalue weighted by Gasteiger charge is -2.39. The van der Waals surface area contributed by atoms with Crippen molar-refractivity contribution in [3.63, 3.8) is 0 Å². The second-order valence-electron chi connectivity index (χ2n) is 8.42. The summed E-state index contributed by atoms with van der Waals surface area (Å²) in [5, 5.41) is 10.2. The summed E-state index contributed by atoms with van der Waals surface area (Å²) in [6.45, 7) is 17.4. The fraction of sp³-hybridized carbons (Fsp3) is 0.875. The van der Waals surface area contributed by atoms with E-state index in [9.17, 15) is 9.90 Å². The Morgan fingerprint density at radius 2 is 1.18 bits per heavy atom. The molecule has 0 aromatic rings. The zero-order chi connectivity index (χ0) is 21.8. The molecule has 0 aliphatic rings. The Balaban J connectivity index is 0. The van der Waals surface area contributed by atoms with Gasteiger partial charge in [0.1, 0.15) is 0 Å². The molecule has 0 bridgehead atoms. The predicted octanol–water partition coefficient (Wildman–Crippen LogP) is 4.64. The molecule has 0 atom stereocenters. The second kappa shape index (κ2) is 19.4. The number of carbonyl (C=O) groups is 1. The first-order valence-electron chi connectivity index (χ1n) is 11.7. The van der Waals surface area contributed by atoms with Crippen molar-refractivity contribution >= 4 is 5.97 Å². The molecule has 4 heteroatoms. The van der Waals surface area contributed by atoms with E-state index in [1.165, 1.54) is 82.0 Å². The Morgan fingerprint density at radius 3 is 1.43 bits per heavy atom. The highest BCUT2D eigenvalue weighted by atomic mass is 16.4. The molecule has 0 amide bonds. The van der Waals surface area contributed by atoms with Crippen molar-refractivity contribution in [2.24, 2.45) is 0 Å². The molecule has 168 valence electrons. The van der Waals surface area contributed by atoms with E-state index in [0.29, 0.717) is 5.57 Å². The Bertz CT molecular complexity index is 355. The van der Waals surface area contributed by atoms with Crippen molar-refractivity contribution in [2.75, 3.05) is 46.8 Å². The summed E-state index contributed by atoms with van der Waals surface area (Å²) >= 11 is 0. The first-order valence-corrected chi connectivity index (χ1v) is 11.7. The molecular weight excluding hydrogens is 348 g/mol. The highest BCUT2D eigenvalue weighted by Gasteiger charge is 2.24. The molecule has 0 radical (unpaired) electrons. The van der Waals surface area contributed by atoms with Crippen molar-refractivity contribution in [2.45, 2.75) is 92.4 Å². The summed E-state index contributed by atoms with van der Waals surface area (Å²) in [4.78, 5) is 12.2. The summed E-state index contributed by atoms with van der Waals surface area (Å²) < 4.78 is 1.42. The van der Waals surface area contributed by atoms with Crippen LogP contribution in [0.3, 0.4) is 0 Å². The quantitative estimate of drug-likeness (QED) is 0.281. The molecule has 0 heterocycles. The molecule has 0 aliphatic carbocycles. The van der Waals surface area contributed by atoms with Crippen LogP contribution >= 0.6 is 0 Å². The SMILES string of the molecule is CC(=CCCN(C)C)C(=O)[O-].CCCC[N+](CCCC)(CCCC)CCCC. The molecule has 0 aromatic heterocycles. The number of quaternary nitrogens is 1. The van der Waals surface area contributed by atoms with Gasteiger partial charge in [-0.3, -0.25) is 0 Å². The topological polar surface area (TPSA) is 43.4 Å². The van der Waals surface area contributed by atoms with Crippen LogP contribution in [0.25, 0.3) is 0 Å². The van der Waals surface area contributed by atoms with Gasteiger partial charge in [-0.15, -0.1) is 0 Å². The molecule has 0 spiro atoms. The van der Waals surface area contributed by atoms with Crippen molar-refractivity contribution in [3.8, 4) is 0 Å². The van der Waals surface area contributed by atoms with Gasteiger partial charge >= 0.3 is 0 Å². The van der Waals surface area contributed by atoms with Gasteiger partial charge in [-0.05, 0) is 58.7 Å². The molecule has 0 N–H and O–H groups in total. The van der Waals surface area contributed by atoms with E-state index >= 15 is 0 Å². The number of aliphatic carboxylic acids is 1. The highest BCUT2D eigenvalue weighted by molar-refractivity contribution is 5.83. The minimum Gasteiger partial charge on any atom is -0.545 e. The lowest BCUT2D eigenvalue weighted by Crippen LogP contribution is -2.50. The molecule has 28 heavy (non-hydrogen) atoms. The van der Waals surface area contributed by atoms with E-state index in [4.69, 9.17) is 0 Å². The van der Waals surface area contributed by atoms with Gasteiger partial charge in [0.05, 0.1) is 32.1 Å². The van der Waals surface area contributed by atoms with Crippen LogP contribution in [-0.4, -0.2) is 62.2 Å². The van der Waals surface area contributed by atoms with Crippen LogP contribution in [0.15, 0.2) is 11.6 Å². The molecule has 0 rings (SSSR count). The third-order valence-electron chi connectivity index (χ3n) is 5.29. The van der Waals surface area contributed by atoms with Crippen LogP contribution in [-0.2, 0) is 4.79 Å². The molecule has 0 aromatic carbocycles. The number of nitrogens with zero attached hydrogens (tertiary/aromatic N) is 2. The van der Waals surface area contributed by atoms with Crippen LogP contribution < -0.4 is 5.11 Å². The Kier molecular flexibility index (Phi) is 20.4. The van der Waals surface area contributed by atoms with Crippen molar-refractivity contribution in [1.82, 2.24) is 4.90 Å². The zero-order valence-electron chi connectivity index (χ0n) is 20.2. The number of carboxylic acid groups (broad SMARTS) is 1. The highest BCUT2D eigenvalue weighted by Crippen LogP contribution is 2.16. The number of hydrogen-bond acceptors (Lipinski definition) is 3. The maximum Gasteiger partial charge on any atom is 0.0786 e. The van der Waals surface area contributed by atoms with Crippen LogP contribution in [0.2, 0.25) is 0 Å². The van der Waals surface area contributed by atoms with Crippen LogP contribution in [0, 0.1) is 0 Å². The molecular formula is C24H50N2O2. The molecule has 4 nitrogen and oxygen atoms in total. The third-order valence-corrected chi connectivity index (χ3v) is 5.29. The van der Waals surface area contributed by atoms with Gasteiger partial charge in [-0.25, -0.2) is 0 Å². The zero-order valence-corrected chi connectivity index (χ0v) is 20.2. The van der Waals surface area contributed by atoms with Crippen molar-refractivity contribution in [1.29, 1.82) is 0 Å². The van der Waals surface area contributed by atoms with Gasteiger partial charge in [-0.2, -0.15) is 0 Å². The first-order chi connectivity index (χ1) is 13.3. The van der Waals surface area contributed by atoms with Gasteiger partial charge in [0, 0.05) is 6.54 Å². The normalized spacial score (nSPS) is 12.1. The lowest BCUT2D eigenvalue weighted by atomic mass is 10.1. The number of unbranched alkanes of at least 4 members (excludes halogenated alkanes) is 4. The van der Waals surface area contributed by atoms with Crippen LogP contribution in [0.1, 0.15) is 92.4 Å². The van der Waals surface area contributed by atoms with Crippen LogP contribution in [0.5, 0.6) is 0 Å². The molecule has 0 saturated heterocycles. The van der Waals surface area contributed by atoms with Gasteiger partial charge in [0.2, 0.25) is 0 Å². The van der Waals surface area contributed by atoms with Crippen molar-refractivity contribution < 1.29 is 14.4 Å². The lowest BCUT2D eigenvalue weighted by molar-refractivity contribution is -0.929. The average molecular weight is 399 g/mol. The number of hydrogen-bond donors (Lipinski definition) is 0. The maximum absolute atomic E-state index is 10.2. The predicted molar refractivity (Wildman–Crippen MR) is 121 cm³/mol. The van der Waals surface area contributed by atoms with Gasteiger partial charge in [-0.1, -0.05) is 59.5 Å². The van der Waals surface area contributed by atoms with E-state index in [1.54, 1.807) is 13.0 Å². The Labute approximate surface area is 176 Å². The molecule has 0 aliphatic heterocycles. The minimum absolute atomic E-state index is 0.312. The summed E-state index contributed by atoms with van der Waals surface area (Å²) in [7, 11) is 3.89. The van der Waals surface area contributed by atoms with E-state index in [1.807, 2.05) is 19.0 Å². The van der Waals surface area contributed by atoms with E-state index in [-0.39, 0.29) is 0 Å². The fourth-order valence-electron chi connectivity index (χ4n) is 3.27. The number of carbonyl (C=O) groups excluding carboxylic acids is 1. The van der Waals surface area contributed by atoms with Gasteiger partial charge in [0.15, 0.2) is 0 Å². The summed E-state index contributed by atoms with van der Waals surface area (Å²) in [5.41, 5.74) is 0.312. The van der Waals surface area contributed by atoms with Crippen LogP contribution in [0.4, 0.5) is 0 Å². The van der Waals surface area contributed by atoms with E-state index in [0.717, 1.165) is 13.0 Å². The minimum atomic E-state index is -1.08. The monoisotopic (exact) mass is 398 g/mol. The largest absolute Gasteiger partial charge is 0.545 e. The van der Waals surface area contributed by atoms with Gasteiger partial charge in [0.25, 0.3) is 0 Å². The Hall–Kier alpha value is -0.870. The average Bonchev–Trinajstić information content (AvgIpc) is 2.67. The van der Waals surface area contributed by atoms with E-state index in [2.05, 4.69) is 27.7 Å². The smallest absolute Gasteiger partial charge is 0.0786 e. The second-order valence-corrected chi connectivity index (χ2v) is 8.42. The first kappa shape index (κ1) is 29.3. The van der Waals surface area contributed by atoms with Crippen molar-refractivity contribution in [3.05, 3.63) is 11.6 Å². The maximum atomic E-state index is 10.2. The molecule has 0 fully saturated rings. The standard InChI is InChI=1S/C16H36N.C8H15NO2/c1-5-9-13-17(14-10-6-2,15-11-7-3)16-12-8-4;1-7(8(10)11)5-4-6-9(2)3/h5-16H2,1-4H3;5H,4,6H2,1-3H3,(H,10,11)/q+1;/p-1. The fourth-order valence-corrected chi connectivity index (χ4v) is 3.27. The third kappa shape index (κ3) is 17.2.